The Bertz CT molecular complexity index is 769. The number of urea groups is 1. The number of thiocarbonyl (C=S) groups is 1. The summed E-state index contributed by atoms with van der Waals surface area (Å²) in [5.74, 6) is -0.401. The Kier molecular flexibility index (Phi) is 3.81. The van der Waals surface area contributed by atoms with Gasteiger partial charge in [-0.15, -0.1) is 0 Å². The monoisotopic (exact) mass is 355 g/mol. The number of amidine groups is 1. The molecule has 1 atom stereocenters. The molecule has 0 bridgehead atoms. The van der Waals surface area contributed by atoms with Crippen molar-refractivity contribution in [3.05, 3.63) is 34.6 Å². The zero-order chi connectivity index (χ0) is 16.9. The lowest BCUT2D eigenvalue weighted by atomic mass is 10.1. The number of nitrogens with one attached hydrogen (secondary N) is 1. The molecule has 6 nitrogen and oxygen atoms in total. The molecule has 3 amide bonds. The predicted octanol–water partition coefficient (Wildman–Crippen LogP) is -0.0489. The van der Waals surface area contributed by atoms with E-state index in [2.05, 4.69) is 4.99 Å². The second-order valence-electron chi connectivity index (χ2n) is 5.32. The number of rotatable bonds is 2. The Labute approximate surface area is 142 Å². The summed E-state index contributed by atoms with van der Waals surface area (Å²) in [5.41, 5.74) is 0.633. The van der Waals surface area contributed by atoms with Crippen LogP contribution in [0.5, 0.6) is 0 Å². The maximum atomic E-state index is 13.2. The Balaban J connectivity index is 1.94. The van der Waals surface area contributed by atoms with Crippen molar-refractivity contribution in [1.29, 1.82) is 0 Å². The molecule has 1 fully saturated rings. The van der Waals surface area contributed by atoms with Gasteiger partial charge in [0.1, 0.15) is 5.82 Å². The van der Waals surface area contributed by atoms with Crippen molar-refractivity contribution < 1.29 is 19.0 Å². The number of imide groups is 1. The molecule has 1 unspecified atom stereocenters. The minimum Gasteiger partial charge on any atom is -0.270 e. The number of benzene rings is 1. The molecule has 9 heteroatoms. The topological polar surface area (TPSA) is 57.8 Å². The summed E-state index contributed by atoms with van der Waals surface area (Å²) in [7, 11) is 2.99. The van der Waals surface area contributed by atoms with Crippen LogP contribution in [0.25, 0.3) is 0 Å². The molecule has 3 rings (SSSR count). The molecule has 2 aliphatic rings. The third-order valence-corrected chi connectivity index (χ3v) is 4.61. The van der Waals surface area contributed by atoms with Gasteiger partial charge in [0.25, 0.3) is 16.9 Å². The summed E-state index contributed by atoms with van der Waals surface area (Å²) >= 11 is 11.3. The van der Waals surface area contributed by atoms with Gasteiger partial charge in [-0.25, -0.2) is 19.1 Å². The molecule has 0 aliphatic carbocycles. The minimum atomic E-state index is -0.726. The lowest BCUT2D eigenvalue weighted by molar-refractivity contribution is -0.320. The van der Waals surface area contributed by atoms with Gasteiger partial charge in [-0.3, -0.25) is 14.6 Å². The second kappa shape index (κ2) is 5.54. The van der Waals surface area contributed by atoms with Crippen LogP contribution in [0.4, 0.5) is 9.18 Å². The molecule has 1 aromatic rings. The normalized spacial score (nSPS) is 21.0. The third kappa shape index (κ3) is 2.47. The van der Waals surface area contributed by atoms with E-state index in [4.69, 9.17) is 23.8 Å². The maximum Gasteiger partial charge on any atom is 0.388 e. The number of fused-ring (bicyclic) bond motifs is 1. The predicted molar refractivity (Wildman–Crippen MR) is 85.2 cm³/mol. The zero-order valence-corrected chi connectivity index (χ0v) is 13.9. The molecular formula is C14H13ClFN4O2S+. The molecule has 0 radical (unpaired) electrons. The molecule has 120 valence electrons. The Morgan fingerprint density at radius 2 is 2.00 bits per heavy atom. The van der Waals surface area contributed by atoms with E-state index in [-0.39, 0.29) is 17.5 Å². The van der Waals surface area contributed by atoms with E-state index >= 15 is 0 Å². The fourth-order valence-corrected chi connectivity index (χ4v) is 3.14. The summed E-state index contributed by atoms with van der Waals surface area (Å²) < 4.78 is 13.2. The maximum absolute atomic E-state index is 13.2. The van der Waals surface area contributed by atoms with Crippen molar-refractivity contribution in [2.24, 2.45) is 0 Å². The summed E-state index contributed by atoms with van der Waals surface area (Å²) in [4.78, 5) is 31.4. The zero-order valence-electron chi connectivity index (χ0n) is 12.3. The van der Waals surface area contributed by atoms with E-state index in [0.29, 0.717) is 16.5 Å². The number of hydrogen-bond acceptors (Lipinski definition) is 3. The first-order valence-corrected chi connectivity index (χ1v) is 7.53. The fraction of sp³-hybridized carbons (Fsp3) is 0.286. The van der Waals surface area contributed by atoms with Crippen LogP contribution in [0.1, 0.15) is 5.56 Å². The minimum absolute atomic E-state index is 0.223. The highest BCUT2D eigenvalue weighted by atomic mass is 35.5. The lowest BCUT2D eigenvalue weighted by Crippen LogP contribution is -2.79. The summed E-state index contributed by atoms with van der Waals surface area (Å²) in [6.45, 7) is 0.223. The number of carbonyl (C=O) groups is 2. The SMILES string of the molecule is CN1C(=O)C2C(=[NH+]C(=S)N2Cc2ccc(F)cc2Cl)N(C)C1=O. The van der Waals surface area contributed by atoms with Gasteiger partial charge in [-0.05, 0) is 24.4 Å². The van der Waals surface area contributed by atoms with Crippen LogP contribution in [0.2, 0.25) is 5.02 Å². The Morgan fingerprint density at radius 1 is 1.30 bits per heavy atom. The van der Waals surface area contributed by atoms with E-state index in [1.54, 1.807) is 18.0 Å². The van der Waals surface area contributed by atoms with Crippen LogP contribution in [-0.4, -0.2) is 57.7 Å². The molecular weight excluding hydrogens is 343 g/mol. The molecule has 0 saturated carbocycles. The van der Waals surface area contributed by atoms with Crippen molar-refractivity contribution in [2.45, 2.75) is 12.6 Å². The van der Waals surface area contributed by atoms with Crippen molar-refractivity contribution in [3.63, 3.8) is 0 Å². The average molecular weight is 356 g/mol. The standard InChI is InChI=1S/C14H12ClFN4O2S/c1-18-11-10(12(21)19(2)14(18)22)20(13(23)17-11)6-7-3-4-8(16)5-9(7)15/h3-5,10H,6H2,1-2H3/p+1. The van der Waals surface area contributed by atoms with Gasteiger partial charge >= 0.3 is 6.03 Å². The summed E-state index contributed by atoms with van der Waals surface area (Å²) in [6, 6.07) is 2.89. The Morgan fingerprint density at radius 3 is 2.65 bits per heavy atom. The van der Waals surface area contributed by atoms with Crippen LogP contribution >= 0.6 is 23.8 Å². The number of halogens is 2. The highest BCUT2D eigenvalue weighted by Crippen LogP contribution is 2.23. The molecule has 1 saturated heterocycles. The van der Waals surface area contributed by atoms with Crippen LogP contribution in [0, 0.1) is 5.82 Å². The second-order valence-corrected chi connectivity index (χ2v) is 6.11. The molecule has 1 N–H and O–H groups in total. The van der Waals surface area contributed by atoms with Crippen molar-refractivity contribution >= 4 is 46.7 Å². The molecule has 2 aliphatic heterocycles. The largest absolute Gasteiger partial charge is 0.388 e. The van der Waals surface area contributed by atoms with E-state index in [1.165, 1.54) is 24.1 Å². The average Bonchev–Trinajstić information content (AvgIpc) is 2.83. The van der Waals surface area contributed by atoms with Gasteiger partial charge < -0.3 is 0 Å². The third-order valence-electron chi connectivity index (χ3n) is 3.92. The van der Waals surface area contributed by atoms with E-state index < -0.39 is 17.9 Å². The summed E-state index contributed by atoms with van der Waals surface area (Å²) in [5, 5.41) is 0.566. The quantitative estimate of drug-likeness (QED) is 0.756. The molecule has 2 heterocycles. The highest BCUT2D eigenvalue weighted by Gasteiger charge is 2.54. The van der Waals surface area contributed by atoms with Crippen molar-refractivity contribution in [2.75, 3.05) is 14.1 Å². The smallest absolute Gasteiger partial charge is 0.270 e. The number of carbonyl (C=O) groups excluding carboxylic acids is 2. The van der Waals surface area contributed by atoms with Gasteiger partial charge in [0.2, 0.25) is 6.04 Å². The first-order chi connectivity index (χ1) is 10.8. The van der Waals surface area contributed by atoms with E-state index in [9.17, 15) is 14.0 Å². The van der Waals surface area contributed by atoms with Gasteiger partial charge in [-0.1, -0.05) is 17.7 Å². The molecule has 0 aromatic heterocycles. The Hall–Kier alpha value is -2.06. The number of nitrogens with zero attached hydrogens (tertiary/aromatic N) is 3. The van der Waals surface area contributed by atoms with Crippen LogP contribution < -0.4 is 4.99 Å². The summed E-state index contributed by atoms with van der Waals surface area (Å²) in [6.07, 6.45) is 0. The number of hydrogen-bond donors (Lipinski definition) is 1. The first kappa shape index (κ1) is 15.8. The van der Waals surface area contributed by atoms with Gasteiger partial charge in [0.05, 0.1) is 13.6 Å². The molecule has 1 aromatic carbocycles. The van der Waals surface area contributed by atoms with E-state index in [1.807, 2.05) is 0 Å². The van der Waals surface area contributed by atoms with Crippen LogP contribution in [0.15, 0.2) is 18.2 Å². The number of amides is 3. The van der Waals surface area contributed by atoms with Crippen molar-refractivity contribution in [1.82, 2.24) is 14.7 Å². The molecule has 23 heavy (non-hydrogen) atoms. The van der Waals surface area contributed by atoms with Gasteiger partial charge in [0, 0.05) is 17.6 Å². The van der Waals surface area contributed by atoms with Gasteiger partial charge in [0.15, 0.2) is 0 Å². The molecule has 0 spiro atoms. The van der Waals surface area contributed by atoms with Crippen LogP contribution in [-0.2, 0) is 11.3 Å². The van der Waals surface area contributed by atoms with Crippen molar-refractivity contribution in [3.8, 4) is 0 Å². The van der Waals surface area contributed by atoms with Gasteiger partial charge in [-0.2, -0.15) is 0 Å². The fourth-order valence-electron chi connectivity index (χ4n) is 2.63. The first-order valence-electron chi connectivity index (χ1n) is 6.75. The lowest BCUT2D eigenvalue weighted by Gasteiger charge is -2.31. The number of likely N-dealkylation sites (N-methyl/N-ethyl adjacent to an activating group) is 2. The highest BCUT2D eigenvalue weighted by molar-refractivity contribution is 7.79. The van der Waals surface area contributed by atoms with E-state index in [0.717, 1.165) is 4.90 Å². The van der Waals surface area contributed by atoms with Crippen LogP contribution in [0.3, 0.4) is 0 Å².